The molecule has 5 rings (SSSR count). The number of hydrogen-bond acceptors (Lipinski definition) is 3. The Bertz CT molecular complexity index is 800. The molecule has 0 radical (unpaired) electrons. The molecule has 4 saturated carbocycles. The van der Waals surface area contributed by atoms with E-state index in [0.29, 0.717) is 28.4 Å². The molecule has 3 nitrogen and oxygen atoms in total. The van der Waals surface area contributed by atoms with Gasteiger partial charge in [0.2, 0.25) is 0 Å². The molecular formula is C30H50O3. The van der Waals surface area contributed by atoms with Crippen LogP contribution in [0.5, 0.6) is 0 Å². The molecule has 1 aliphatic heterocycles. The van der Waals surface area contributed by atoms with E-state index < -0.39 is 0 Å². The normalized spacial score (nSPS) is 53.2. The fourth-order valence-electron chi connectivity index (χ4n) is 10.5. The Kier molecular flexibility index (Phi) is 5.55. The van der Waals surface area contributed by atoms with E-state index in [2.05, 4.69) is 48.5 Å². The SMILES string of the molecule is CO[C@@H]1O[C@](C)([C@H]2CC[C@]3(C)[C@@H]4CC[C@H]5C(C)(C)C(=O)CC[C@]5(C)[C@H]4CC[C@H]23)CCC1(C)C. The minimum atomic E-state index is -0.140. The number of carbonyl (C=O) groups excluding carboxylic acids is 1. The minimum absolute atomic E-state index is 0.0637. The highest BCUT2D eigenvalue weighted by atomic mass is 16.7. The van der Waals surface area contributed by atoms with Crippen LogP contribution >= 0.6 is 0 Å². The first-order valence-electron chi connectivity index (χ1n) is 14.0. The summed E-state index contributed by atoms with van der Waals surface area (Å²) in [7, 11) is 1.82. The van der Waals surface area contributed by atoms with Gasteiger partial charge in [-0.25, -0.2) is 0 Å². The van der Waals surface area contributed by atoms with Gasteiger partial charge in [0, 0.05) is 24.4 Å². The number of fused-ring (bicyclic) bond motifs is 5. The van der Waals surface area contributed by atoms with E-state index in [1.165, 1.54) is 44.9 Å². The standard InChI is InChI=1S/C30H50O3/c1-26(2)17-18-30(7,33-25(26)32-8)22-13-15-28(5)19-11-12-23-27(3,4)24(31)14-16-29(23,6)20(19)9-10-21(22)28/h19-23,25H,9-18H2,1-8H3/t19-,20+,21-,22+,23+,25-,28-,29-,30+/m1/s1. The fraction of sp³-hybridized carbons (Fsp3) is 0.967. The molecule has 5 fully saturated rings. The summed E-state index contributed by atoms with van der Waals surface area (Å²) in [5.74, 6) is 4.09. The number of carbonyl (C=O) groups is 1. The largest absolute Gasteiger partial charge is 0.355 e. The van der Waals surface area contributed by atoms with Crippen LogP contribution in [0.15, 0.2) is 0 Å². The molecule has 3 heteroatoms. The molecule has 4 aliphatic carbocycles. The van der Waals surface area contributed by atoms with Crippen molar-refractivity contribution in [2.45, 2.75) is 125 Å². The molecule has 0 aromatic rings. The molecule has 188 valence electrons. The van der Waals surface area contributed by atoms with Gasteiger partial charge in [0.25, 0.3) is 0 Å². The monoisotopic (exact) mass is 458 g/mol. The predicted molar refractivity (Wildman–Crippen MR) is 133 cm³/mol. The predicted octanol–water partition coefficient (Wildman–Crippen LogP) is 7.42. The van der Waals surface area contributed by atoms with Crippen LogP contribution < -0.4 is 0 Å². The van der Waals surface area contributed by atoms with Crippen molar-refractivity contribution in [2.24, 2.45) is 51.2 Å². The first-order valence-corrected chi connectivity index (χ1v) is 14.0. The van der Waals surface area contributed by atoms with Crippen molar-refractivity contribution in [3.63, 3.8) is 0 Å². The summed E-state index contributed by atoms with van der Waals surface area (Å²) in [4.78, 5) is 12.8. The van der Waals surface area contributed by atoms with E-state index in [-0.39, 0.29) is 22.7 Å². The smallest absolute Gasteiger partial charge is 0.162 e. The van der Waals surface area contributed by atoms with E-state index in [1.807, 2.05) is 7.11 Å². The Morgan fingerprint density at radius 1 is 0.727 bits per heavy atom. The van der Waals surface area contributed by atoms with Gasteiger partial charge in [0.1, 0.15) is 5.78 Å². The minimum Gasteiger partial charge on any atom is -0.355 e. The van der Waals surface area contributed by atoms with E-state index in [9.17, 15) is 4.79 Å². The Labute approximate surface area is 203 Å². The van der Waals surface area contributed by atoms with E-state index in [1.54, 1.807) is 0 Å². The molecule has 1 saturated heterocycles. The number of ether oxygens (including phenoxy) is 2. The maximum absolute atomic E-state index is 12.8. The summed E-state index contributed by atoms with van der Waals surface area (Å²) < 4.78 is 12.7. The topological polar surface area (TPSA) is 35.5 Å². The van der Waals surface area contributed by atoms with Crippen molar-refractivity contribution in [1.29, 1.82) is 0 Å². The second-order valence-corrected chi connectivity index (χ2v) is 14.8. The lowest BCUT2D eigenvalue weighted by atomic mass is 9.40. The zero-order chi connectivity index (χ0) is 24.0. The fourth-order valence-corrected chi connectivity index (χ4v) is 10.5. The number of methoxy groups -OCH3 is 1. The van der Waals surface area contributed by atoms with Gasteiger partial charge in [0.05, 0.1) is 5.60 Å². The third-order valence-electron chi connectivity index (χ3n) is 12.6. The molecule has 0 unspecified atom stereocenters. The van der Waals surface area contributed by atoms with Crippen LogP contribution in [0.25, 0.3) is 0 Å². The summed E-state index contributed by atoms with van der Waals surface area (Å²) >= 11 is 0. The quantitative estimate of drug-likeness (QED) is 0.432. The van der Waals surface area contributed by atoms with Gasteiger partial charge >= 0.3 is 0 Å². The molecule has 0 bridgehead atoms. The van der Waals surface area contributed by atoms with Crippen molar-refractivity contribution < 1.29 is 14.3 Å². The van der Waals surface area contributed by atoms with Gasteiger partial charge in [-0.05, 0) is 105 Å². The third kappa shape index (κ3) is 3.30. The first-order chi connectivity index (χ1) is 15.3. The lowest BCUT2D eigenvalue weighted by molar-refractivity contribution is -0.289. The van der Waals surface area contributed by atoms with Crippen LogP contribution in [0.4, 0.5) is 0 Å². The summed E-state index contributed by atoms with van der Waals surface area (Å²) in [6.45, 7) is 16.7. The van der Waals surface area contributed by atoms with E-state index in [0.717, 1.165) is 37.0 Å². The Balaban J connectivity index is 1.41. The van der Waals surface area contributed by atoms with Gasteiger partial charge in [-0.15, -0.1) is 0 Å². The molecule has 5 aliphatic rings. The van der Waals surface area contributed by atoms with Gasteiger partial charge in [-0.3, -0.25) is 4.79 Å². The number of hydrogen-bond donors (Lipinski definition) is 0. The first kappa shape index (κ1) is 24.3. The lowest BCUT2D eigenvalue weighted by Gasteiger charge is -2.64. The molecule has 0 spiro atoms. The molecule has 9 atom stereocenters. The van der Waals surface area contributed by atoms with E-state index in [4.69, 9.17) is 9.47 Å². The van der Waals surface area contributed by atoms with Crippen molar-refractivity contribution in [3.8, 4) is 0 Å². The van der Waals surface area contributed by atoms with Crippen LogP contribution in [-0.2, 0) is 14.3 Å². The second-order valence-electron chi connectivity index (χ2n) is 14.8. The zero-order valence-corrected chi connectivity index (χ0v) is 22.8. The van der Waals surface area contributed by atoms with Crippen LogP contribution in [0.1, 0.15) is 113 Å². The maximum atomic E-state index is 12.8. The molecule has 33 heavy (non-hydrogen) atoms. The van der Waals surface area contributed by atoms with Gasteiger partial charge in [-0.1, -0.05) is 41.5 Å². The van der Waals surface area contributed by atoms with Crippen molar-refractivity contribution in [3.05, 3.63) is 0 Å². The molecule has 0 aromatic heterocycles. The molecule has 0 N–H and O–H groups in total. The molecular weight excluding hydrogens is 408 g/mol. The number of Topliss-reactive ketones (excluding diaryl/α,β-unsaturated/α-hetero) is 1. The Morgan fingerprint density at radius 3 is 2.00 bits per heavy atom. The zero-order valence-electron chi connectivity index (χ0n) is 22.8. The van der Waals surface area contributed by atoms with Gasteiger partial charge in [-0.2, -0.15) is 0 Å². The highest BCUT2D eigenvalue weighted by Gasteiger charge is 2.65. The van der Waals surface area contributed by atoms with Crippen LogP contribution in [0, 0.1) is 51.2 Å². The van der Waals surface area contributed by atoms with Crippen LogP contribution in [0.3, 0.4) is 0 Å². The maximum Gasteiger partial charge on any atom is 0.162 e. The summed E-state index contributed by atoms with van der Waals surface area (Å²) in [6.07, 6.45) is 12.1. The van der Waals surface area contributed by atoms with Crippen LogP contribution in [-0.4, -0.2) is 24.8 Å². The highest BCUT2D eigenvalue weighted by Crippen LogP contribution is 2.71. The number of rotatable bonds is 2. The van der Waals surface area contributed by atoms with Crippen molar-refractivity contribution in [2.75, 3.05) is 7.11 Å². The Hall–Kier alpha value is -0.410. The average Bonchev–Trinajstić information content (AvgIpc) is 3.11. The van der Waals surface area contributed by atoms with E-state index >= 15 is 0 Å². The summed E-state index contributed by atoms with van der Waals surface area (Å²) in [6, 6.07) is 0. The van der Waals surface area contributed by atoms with Crippen LogP contribution in [0.2, 0.25) is 0 Å². The van der Waals surface area contributed by atoms with Crippen molar-refractivity contribution >= 4 is 5.78 Å². The van der Waals surface area contributed by atoms with Crippen molar-refractivity contribution in [1.82, 2.24) is 0 Å². The second kappa shape index (κ2) is 7.55. The third-order valence-corrected chi connectivity index (χ3v) is 12.6. The lowest BCUT2D eigenvalue weighted by Crippen LogP contribution is -2.60. The Morgan fingerprint density at radius 2 is 1.33 bits per heavy atom. The molecule has 0 amide bonds. The average molecular weight is 459 g/mol. The summed E-state index contributed by atoms with van der Waals surface area (Å²) in [5, 5.41) is 0. The number of ketones is 1. The highest BCUT2D eigenvalue weighted by molar-refractivity contribution is 5.85. The van der Waals surface area contributed by atoms with Gasteiger partial charge < -0.3 is 9.47 Å². The molecule has 0 aromatic carbocycles. The van der Waals surface area contributed by atoms with Gasteiger partial charge in [0.15, 0.2) is 6.29 Å². The summed E-state index contributed by atoms with van der Waals surface area (Å²) in [5.41, 5.74) is 0.648. The molecule has 1 heterocycles.